The summed E-state index contributed by atoms with van der Waals surface area (Å²) in [5.74, 6) is 0.766. The van der Waals surface area contributed by atoms with Gasteiger partial charge in [-0.2, -0.15) is 0 Å². The Morgan fingerprint density at radius 2 is 2.12 bits per heavy atom. The molecule has 0 spiro atoms. The Labute approximate surface area is 143 Å². The highest BCUT2D eigenvalue weighted by Gasteiger charge is 2.61. The highest BCUT2D eigenvalue weighted by atomic mass is 16.5. The smallest absolute Gasteiger partial charge is 0.0959 e. The maximum Gasteiger partial charge on any atom is 0.0959 e. The molecule has 0 saturated heterocycles. The zero-order valence-corrected chi connectivity index (χ0v) is 14.9. The second-order valence-electron chi connectivity index (χ2n) is 8.47. The fourth-order valence-corrected chi connectivity index (χ4v) is 5.05. The first-order valence-corrected chi connectivity index (χ1v) is 9.11. The molecular formula is C20H28N2O2. The average molecular weight is 328 g/mol. The summed E-state index contributed by atoms with van der Waals surface area (Å²) in [5, 5.41) is 10.5. The molecule has 1 aromatic heterocycles. The highest BCUT2D eigenvalue weighted by Crippen LogP contribution is 2.66. The van der Waals surface area contributed by atoms with Gasteiger partial charge < -0.3 is 14.4 Å². The van der Waals surface area contributed by atoms with Crippen molar-refractivity contribution in [2.45, 2.75) is 58.8 Å². The van der Waals surface area contributed by atoms with E-state index in [0.29, 0.717) is 18.6 Å². The van der Waals surface area contributed by atoms with Gasteiger partial charge in [0.2, 0.25) is 0 Å². The second-order valence-corrected chi connectivity index (χ2v) is 8.47. The molecule has 2 fully saturated rings. The van der Waals surface area contributed by atoms with E-state index in [4.69, 9.17) is 4.74 Å². The van der Waals surface area contributed by atoms with Crippen LogP contribution in [0, 0.1) is 16.7 Å². The Morgan fingerprint density at radius 3 is 2.83 bits per heavy atom. The molecule has 0 amide bonds. The maximum absolute atomic E-state index is 10.5. The summed E-state index contributed by atoms with van der Waals surface area (Å²) in [6.07, 6.45) is 5.29. The lowest BCUT2D eigenvalue weighted by Gasteiger charge is -2.39. The van der Waals surface area contributed by atoms with Crippen LogP contribution in [0.4, 0.5) is 0 Å². The van der Waals surface area contributed by atoms with Gasteiger partial charge >= 0.3 is 0 Å². The third-order valence-corrected chi connectivity index (χ3v) is 7.14. The molecule has 1 aromatic carbocycles. The van der Waals surface area contributed by atoms with Crippen molar-refractivity contribution >= 4 is 11.0 Å². The molecule has 24 heavy (non-hydrogen) atoms. The topological polar surface area (TPSA) is 47.3 Å². The minimum absolute atomic E-state index is 0.249. The summed E-state index contributed by atoms with van der Waals surface area (Å²) < 4.78 is 8.22. The number of benzene rings is 1. The summed E-state index contributed by atoms with van der Waals surface area (Å²) in [4.78, 5) is 4.38. The van der Waals surface area contributed by atoms with Gasteiger partial charge in [0.25, 0.3) is 0 Å². The Bertz CT molecular complexity index is 738. The van der Waals surface area contributed by atoms with Crippen LogP contribution in [-0.2, 0) is 11.3 Å². The molecule has 4 nitrogen and oxygen atoms in total. The number of nitrogens with zero attached hydrogens (tertiary/aromatic N) is 2. The van der Waals surface area contributed by atoms with Crippen LogP contribution >= 0.6 is 0 Å². The molecule has 4 atom stereocenters. The zero-order chi connectivity index (χ0) is 16.9. The van der Waals surface area contributed by atoms with Crippen LogP contribution in [0.2, 0.25) is 0 Å². The van der Waals surface area contributed by atoms with E-state index < -0.39 is 6.10 Å². The third kappa shape index (κ3) is 2.31. The van der Waals surface area contributed by atoms with Crippen molar-refractivity contribution in [2.75, 3.05) is 6.61 Å². The highest BCUT2D eigenvalue weighted by molar-refractivity contribution is 5.74. The number of para-hydroxylation sites is 2. The Morgan fingerprint density at radius 1 is 1.33 bits per heavy atom. The van der Waals surface area contributed by atoms with Gasteiger partial charge in [0.1, 0.15) is 0 Å². The number of imidazole rings is 1. The maximum atomic E-state index is 10.5. The first-order chi connectivity index (χ1) is 11.4. The van der Waals surface area contributed by atoms with Crippen molar-refractivity contribution in [3.8, 4) is 0 Å². The minimum atomic E-state index is -0.506. The van der Waals surface area contributed by atoms with Gasteiger partial charge in [0.15, 0.2) is 0 Å². The third-order valence-electron chi connectivity index (χ3n) is 7.14. The van der Waals surface area contributed by atoms with Gasteiger partial charge in [0, 0.05) is 0 Å². The monoisotopic (exact) mass is 328 g/mol. The van der Waals surface area contributed by atoms with Crippen molar-refractivity contribution < 1.29 is 9.84 Å². The molecule has 0 radical (unpaired) electrons. The summed E-state index contributed by atoms with van der Waals surface area (Å²) >= 11 is 0. The van der Waals surface area contributed by atoms with Crippen LogP contribution < -0.4 is 0 Å². The summed E-state index contributed by atoms with van der Waals surface area (Å²) in [6.45, 7) is 8.08. The largest absolute Gasteiger partial charge is 0.389 e. The molecule has 4 rings (SSSR count). The molecule has 0 aliphatic heterocycles. The summed E-state index contributed by atoms with van der Waals surface area (Å²) in [6, 6.07) is 8.01. The number of ether oxygens (including phenoxy) is 1. The second kappa shape index (κ2) is 5.57. The summed E-state index contributed by atoms with van der Waals surface area (Å²) in [5.41, 5.74) is 2.62. The van der Waals surface area contributed by atoms with E-state index in [1.54, 1.807) is 6.33 Å². The molecule has 2 aliphatic rings. The molecule has 2 aromatic rings. The number of aliphatic hydroxyl groups is 1. The van der Waals surface area contributed by atoms with Crippen molar-refractivity contribution in [3.63, 3.8) is 0 Å². The SMILES string of the molecule is CC1(C)[C@H]2CC[C@@]1(C)[C@H](OC[C@@H](O)Cn1cnc3ccccc31)C2. The van der Waals surface area contributed by atoms with E-state index in [1.165, 1.54) is 12.8 Å². The molecule has 0 unspecified atom stereocenters. The first-order valence-electron chi connectivity index (χ1n) is 9.11. The lowest BCUT2D eigenvalue weighted by atomic mass is 9.70. The molecule has 1 N–H and O–H groups in total. The van der Waals surface area contributed by atoms with Crippen molar-refractivity contribution in [2.24, 2.45) is 16.7 Å². The molecular weight excluding hydrogens is 300 g/mol. The van der Waals surface area contributed by atoms with E-state index >= 15 is 0 Å². The van der Waals surface area contributed by atoms with Gasteiger partial charge in [-0.1, -0.05) is 32.9 Å². The standard InChI is InChI=1S/C20H28N2O2/c1-19(2)14-8-9-20(19,3)18(10-14)24-12-15(23)11-22-13-21-16-6-4-5-7-17(16)22/h4-7,13-15,18,23H,8-12H2,1-3H3/t14-,15-,18+,20-/m0/s1. The normalized spacial score (nSPS) is 32.5. The van der Waals surface area contributed by atoms with Crippen molar-refractivity contribution in [3.05, 3.63) is 30.6 Å². The molecule has 2 bridgehead atoms. The molecule has 2 aliphatic carbocycles. The predicted molar refractivity (Wildman–Crippen MR) is 94.7 cm³/mol. The van der Waals surface area contributed by atoms with Crippen LogP contribution in [-0.4, -0.2) is 33.5 Å². The number of aliphatic hydroxyl groups excluding tert-OH is 1. The molecule has 1 heterocycles. The lowest BCUT2D eigenvalue weighted by molar-refractivity contribution is -0.0771. The summed E-state index contributed by atoms with van der Waals surface area (Å²) in [7, 11) is 0. The van der Waals surface area contributed by atoms with Crippen LogP contribution in [0.15, 0.2) is 30.6 Å². The zero-order valence-electron chi connectivity index (χ0n) is 14.9. The molecule has 4 heteroatoms. The van der Waals surface area contributed by atoms with E-state index in [2.05, 4.69) is 25.8 Å². The quantitative estimate of drug-likeness (QED) is 0.912. The van der Waals surface area contributed by atoms with Crippen molar-refractivity contribution in [1.82, 2.24) is 9.55 Å². The van der Waals surface area contributed by atoms with Gasteiger partial charge in [0.05, 0.1) is 42.7 Å². The lowest BCUT2D eigenvalue weighted by Crippen LogP contribution is -2.38. The predicted octanol–water partition coefficient (Wildman–Crippen LogP) is 3.63. The van der Waals surface area contributed by atoms with Crippen LogP contribution in [0.25, 0.3) is 11.0 Å². The van der Waals surface area contributed by atoms with Gasteiger partial charge in [-0.05, 0) is 48.1 Å². The van der Waals surface area contributed by atoms with Crippen molar-refractivity contribution in [1.29, 1.82) is 0 Å². The Kier molecular flexibility index (Phi) is 3.73. The van der Waals surface area contributed by atoms with E-state index in [0.717, 1.165) is 23.4 Å². The van der Waals surface area contributed by atoms with Crippen LogP contribution in [0.5, 0.6) is 0 Å². The van der Waals surface area contributed by atoms with Crippen LogP contribution in [0.3, 0.4) is 0 Å². The van der Waals surface area contributed by atoms with Gasteiger partial charge in [-0.3, -0.25) is 0 Å². The van der Waals surface area contributed by atoms with Crippen LogP contribution in [0.1, 0.15) is 40.0 Å². The first kappa shape index (κ1) is 16.1. The average Bonchev–Trinajstić information content (AvgIpc) is 3.12. The number of rotatable bonds is 5. The minimum Gasteiger partial charge on any atom is -0.389 e. The number of aromatic nitrogens is 2. The number of hydrogen-bond acceptors (Lipinski definition) is 3. The van der Waals surface area contributed by atoms with Gasteiger partial charge in [-0.15, -0.1) is 0 Å². The van der Waals surface area contributed by atoms with E-state index in [1.807, 2.05) is 28.8 Å². The van der Waals surface area contributed by atoms with E-state index in [-0.39, 0.29) is 11.5 Å². The number of hydrogen-bond donors (Lipinski definition) is 1. The fourth-order valence-electron chi connectivity index (χ4n) is 5.05. The Balaban J connectivity index is 1.39. The Hall–Kier alpha value is -1.39. The fraction of sp³-hybridized carbons (Fsp3) is 0.650. The van der Waals surface area contributed by atoms with E-state index in [9.17, 15) is 5.11 Å². The number of fused-ring (bicyclic) bond motifs is 3. The molecule has 130 valence electrons. The molecule has 2 saturated carbocycles. The van der Waals surface area contributed by atoms with Gasteiger partial charge in [-0.25, -0.2) is 4.98 Å².